The molecule has 390 valence electrons. The van der Waals surface area contributed by atoms with E-state index < -0.39 is 12.1 Å². The molecule has 0 bridgehead atoms. The molecule has 0 saturated carbocycles. The number of carbonyl (C=O) groups excluding carboxylic acids is 3. The minimum atomic E-state index is -0.820. The largest absolute Gasteiger partial charge is 0.462 e. The molecular formula is C62H106O6. The van der Waals surface area contributed by atoms with Crippen LogP contribution in [0.25, 0.3) is 0 Å². The number of hydrogen-bond donors (Lipinski definition) is 0. The van der Waals surface area contributed by atoms with Crippen molar-refractivity contribution in [3.05, 3.63) is 85.1 Å². The van der Waals surface area contributed by atoms with E-state index >= 15 is 0 Å². The Morgan fingerprint density at radius 1 is 0.324 bits per heavy atom. The topological polar surface area (TPSA) is 78.9 Å². The Morgan fingerprint density at radius 3 is 1.04 bits per heavy atom. The Kier molecular flexibility index (Phi) is 53.4. The molecule has 0 spiro atoms. The molecule has 0 N–H and O–H groups in total. The SMILES string of the molecule is CC/C=C\C/C=C\C/C=C\C/C=C\C/C=C\CCC(=O)OC(COC(=O)CCCCCCCC/C=C\C=C/CCCCC)COC(=O)CCCCCCCCCCCCCCCCCCCCC. The summed E-state index contributed by atoms with van der Waals surface area (Å²) in [5, 5.41) is 0. The van der Waals surface area contributed by atoms with Crippen molar-refractivity contribution in [3.63, 3.8) is 0 Å². The fourth-order valence-corrected chi connectivity index (χ4v) is 7.90. The lowest BCUT2D eigenvalue weighted by atomic mass is 10.0. The van der Waals surface area contributed by atoms with Gasteiger partial charge in [0.2, 0.25) is 0 Å². The molecule has 1 atom stereocenters. The molecule has 0 heterocycles. The number of ether oxygens (including phenoxy) is 3. The van der Waals surface area contributed by atoms with E-state index in [1.54, 1.807) is 0 Å². The third-order valence-electron chi connectivity index (χ3n) is 12.2. The third-order valence-corrected chi connectivity index (χ3v) is 12.2. The summed E-state index contributed by atoms with van der Waals surface area (Å²) in [6.45, 7) is 6.44. The normalized spacial score (nSPS) is 12.7. The van der Waals surface area contributed by atoms with Crippen LogP contribution in [-0.2, 0) is 28.6 Å². The van der Waals surface area contributed by atoms with Crippen molar-refractivity contribution in [2.45, 2.75) is 277 Å². The molecule has 0 amide bonds. The van der Waals surface area contributed by atoms with Gasteiger partial charge in [0.25, 0.3) is 0 Å². The van der Waals surface area contributed by atoms with Gasteiger partial charge in [0.05, 0.1) is 0 Å². The number of hydrogen-bond acceptors (Lipinski definition) is 6. The van der Waals surface area contributed by atoms with Gasteiger partial charge >= 0.3 is 17.9 Å². The van der Waals surface area contributed by atoms with Crippen molar-refractivity contribution in [3.8, 4) is 0 Å². The highest BCUT2D eigenvalue weighted by molar-refractivity contribution is 5.71. The van der Waals surface area contributed by atoms with Crippen molar-refractivity contribution < 1.29 is 28.6 Å². The van der Waals surface area contributed by atoms with E-state index in [9.17, 15) is 14.4 Å². The van der Waals surface area contributed by atoms with Crippen molar-refractivity contribution in [1.82, 2.24) is 0 Å². The van der Waals surface area contributed by atoms with Crippen LogP contribution >= 0.6 is 0 Å². The Labute approximate surface area is 420 Å². The fourth-order valence-electron chi connectivity index (χ4n) is 7.90. The molecule has 1 unspecified atom stereocenters. The van der Waals surface area contributed by atoms with Gasteiger partial charge in [0.15, 0.2) is 6.10 Å². The average Bonchev–Trinajstić information content (AvgIpc) is 3.34. The summed E-state index contributed by atoms with van der Waals surface area (Å²) in [6, 6.07) is 0. The van der Waals surface area contributed by atoms with Crippen molar-refractivity contribution in [1.29, 1.82) is 0 Å². The molecule has 6 nitrogen and oxygen atoms in total. The molecular weight excluding hydrogens is 841 g/mol. The lowest BCUT2D eigenvalue weighted by Crippen LogP contribution is -2.30. The molecule has 0 radical (unpaired) electrons. The maximum Gasteiger partial charge on any atom is 0.306 e. The Balaban J connectivity index is 4.46. The second kappa shape index (κ2) is 56.2. The lowest BCUT2D eigenvalue weighted by molar-refractivity contribution is -0.166. The van der Waals surface area contributed by atoms with Crippen molar-refractivity contribution >= 4 is 17.9 Å². The van der Waals surface area contributed by atoms with E-state index in [0.717, 1.165) is 83.5 Å². The molecule has 68 heavy (non-hydrogen) atoms. The van der Waals surface area contributed by atoms with E-state index in [-0.39, 0.29) is 31.6 Å². The summed E-state index contributed by atoms with van der Waals surface area (Å²) in [5.41, 5.74) is 0. The van der Waals surface area contributed by atoms with Gasteiger partial charge in [-0.3, -0.25) is 14.4 Å². The van der Waals surface area contributed by atoms with E-state index in [0.29, 0.717) is 19.3 Å². The average molecular weight is 948 g/mol. The zero-order valence-electron chi connectivity index (χ0n) is 44.6. The first kappa shape index (κ1) is 64.6. The van der Waals surface area contributed by atoms with Crippen molar-refractivity contribution in [2.24, 2.45) is 0 Å². The first-order valence-electron chi connectivity index (χ1n) is 28.6. The van der Waals surface area contributed by atoms with Crippen LogP contribution in [0.5, 0.6) is 0 Å². The van der Waals surface area contributed by atoms with Crippen LogP contribution < -0.4 is 0 Å². The molecule has 0 aromatic heterocycles. The smallest absolute Gasteiger partial charge is 0.306 e. The molecule has 0 saturated heterocycles. The maximum atomic E-state index is 12.8. The second-order valence-corrected chi connectivity index (χ2v) is 18.9. The first-order chi connectivity index (χ1) is 33.5. The Hall–Kier alpha value is -3.41. The molecule has 6 heteroatoms. The predicted octanol–water partition coefficient (Wildman–Crippen LogP) is 19.2. The monoisotopic (exact) mass is 947 g/mol. The summed E-state index contributed by atoms with van der Waals surface area (Å²) in [6.07, 6.45) is 73.0. The van der Waals surface area contributed by atoms with Gasteiger partial charge in [0, 0.05) is 19.3 Å². The summed E-state index contributed by atoms with van der Waals surface area (Å²) >= 11 is 0. The lowest BCUT2D eigenvalue weighted by Gasteiger charge is -2.18. The van der Waals surface area contributed by atoms with Gasteiger partial charge < -0.3 is 14.2 Å². The van der Waals surface area contributed by atoms with Gasteiger partial charge in [-0.05, 0) is 77.0 Å². The van der Waals surface area contributed by atoms with E-state index in [1.807, 2.05) is 6.08 Å². The summed E-state index contributed by atoms with van der Waals surface area (Å²) in [7, 11) is 0. The highest BCUT2D eigenvalue weighted by Crippen LogP contribution is 2.16. The van der Waals surface area contributed by atoms with Gasteiger partial charge in [-0.1, -0.05) is 260 Å². The number of rotatable bonds is 51. The third kappa shape index (κ3) is 53.5. The van der Waals surface area contributed by atoms with Crippen LogP contribution in [0, 0.1) is 0 Å². The molecule has 0 aliphatic carbocycles. The summed E-state index contributed by atoms with van der Waals surface area (Å²) < 4.78 is 16.8. The molecule has 0 rings (SSSR count). The van der Waals surface area contributed by atoms with Crippen LogP contribution in [-0.4, -0.2) is 37.2 Å². The van der Waals surface area contributed by atoms with Crippen LogP contribution in [0.4, 0.5) is 0 Å². The quantitative estimate of drug-likeness (QED) is 0.0199. The first-order valence-corrected chi connectivity index (χ1v) is 28.6. The number of carbonyl (C=O) groups is 3. The molecule has 0 aliphatic rings. The van der Waals surface area contributed by atoms with Gasteiger partial charge in [0.1, 0.15) is 13.2 Å². The Morgan fingerprint density at radius 2 is 0.647 bits per heavy atom. The van der Waals surface area contributed by atoms with Crippen LogP contribution in [0.15, 0.2) is 85.1 Å². The number of allylic oxidation sites excluding steroid dienone is 14. The van der Waals surface area contributed by atoms with E-state index in [2.05, 4.69) is 99.8 Å². The van der Waals surface area contributed by atoms with Gasteiger partial charge in [-0.25, -0.2) is 0 Å². The van der Waals surface area contributed by atoms with Gasteiger partial charge in [-0.2, -0.15) is 0 Å². The molecule has 0 aromatic carbocycles. The minimum Gasteiger partial charge on any atom is -0.462 e. The van der Waals surface area contributed by atoms with Crippen LogP contribution in [0.2, 0.25) is 0 Å². The van der Waals surface area contributed by atoms with Crippen LogP contribution in [0.1, 0.15) is 271 Å². The minimum absolute atomic E-state index is 0.108. The van der Waals surface area contributed by atoms with Crippen LogP contribution in [0.3, 0.4) is 0 Å². The summed E-state index contributed by atoms with van der Waals surface area (Å²) in [4.78, 5) is 38.1. The number of unbranched alkanes of at least 4 members (excludes halogenated alkanes) is 27. The van der Waals surface area contributed by atoms with E-state index in [1.165, 1.54) is 141 Å². The molecule has 0 aliphatic heterocycles. The summed E-state index contributed by atoms with van der Waals surface area (Å²) in [5.74, 6) is -0.997. The Bertz CT molecular complexity index is 1320. The molecule has 0 aromatic rings. The second-order valence-electron chi connectivity index (χ2n) is 18.9. The van der Waals surface area contributed by atoms with E-state index in [4.69, 9.17) is 14.2 Å². The fraction of sp³-hybridized carbons (Fsp3) is 0.726. The molecule has 0 fully saturated rings. The van der Waals surface area contributed by atoms with Gasteiger partial charge in [-0.15, -0.1) is 0 Å². The van der Waals surface area contributed by atoms with Crippen molar-refractivity contribution in [2.75, 3.05) is 13.2 Å². The highest BCUT2D eigenvalue weighted by atomic mass is 16.6. The number of esters is 3. The zero-order valence-corrected chi connectivity index (χ0v) is 44.6. The maximum absolute atomic E-state index is 12.8. The standard InChI is InChI=1S/C62H106O6/c1-4-7-10-13-16-19-22-25-28-30-31-32-35-37-40-43-46-49-52-55-61(64)67-58-59(57-66-60(63)54-51-48-45-42-39-36-33-27-24-21-18-15-12-9-6-3)68-62(65)56-53-50-47-44-41-38-34-29-26-23-20-17-14-11-8-5-2/h8,11,17-18,20-21,24,26-27,29,38,41,47,50,59H,4-7,9-10,12-16,19,22-23,25,28,30-37,39-40,42-46,48-49,51-58H2,1-3H3/b11-8-,20-17-,21-18-,27-24-,29-26-,41-38-,50-47-. The zero-order chi connectivity index (χ0) is 49.3. The predicted molar refractivity (Wildman–Crippen MR) is 293 cm³/mol. The highest BCUT2D eigenvalue weighted by Gasteiger charge is 2.19.